The normalized spacial score (nSPS) is 9.33. The first kappa shape index (κ1) is 13.4. The molecule has 3 amide bonds. The van der Waals surface area contributed by atoms with Crippen molar-refractivity contribution in [3.8, 4) is 0 Å². The van der Waals surface area contributed by atoms with Crippen LogP contribution in [-0.4, -0.2) is 54.7 Å². The summed E-state index contributed by atoms with van der Waals surface area (Å²) in [5.74, 6) is 2.82. The van der Waals surface area contributed by atoms with E-state index in [9.17, 15) is 14.4 Å². The molecule has 0 aliphatic carbocycles. The van der Waals surface area contributed by atoms with E-state index in [0.29, 0.717) is 0 Å². The average Bonchev–Trinajstić information content (AvgIpc) is 2.23. The van der Waals surface area contributed by atoms with Gasteiger partial charge >= 0.3 is 11.8 Å². The van der Waals surface area contributed by atoms with Crippen LogP contribution in [0.1, 0.15) is 6.92 Å². The van der Waals surface area contributed by atoms with Crippen LogP contribution in [0.25, 0.3) is 0 Å². The standard InChI is InChI=1S/C8H16N4O3/c1-4-12(5-6(13)11(2)3)8(15)7(14)10-9/h4-5,9H2,1-3H3,(H,10,14). The van der Waals surface area contributed by atoms with Crippen LogP contribution in [0.5, 0.6) is 0 Å². The second-order valence-corrected chi connectivity index (χ2v) is 3.08. The number of nitrogens with two attached hydrogens (primary N) is 1. The van der Waals surface area contributed by atoms with Crippen molar-refractivity contribution >= 4 is 17.7 Å². The molecule has 0 heterocycles. The molecule has 0 fully saturated rings. The van der Waals surface area contributed by atoms with Gasteiger partial charge in [-0.05, 0) is 6.92 Å². The maximum Gasteiger partial charge on any atom is 0.323 e. The Hall–Kier alpha value is -1.63. The van der Waals surface area contributed by atoms with Gasteiger partial charge in [0.05, 0.1) is 0 Å². The maximum absolute atomic E-state index is 11.3. The summed E-state index contributed by atoms with van der Waals surface area (Å²) in [5, 5.41) is 0. The highest BCUT2D eigenvalue weighted by Crippen LogP contribution is 1.92. The van der Waals surface area contributed by atoms with Crippen molar-refractivity contribution in [2.75, 3.05) is 27.2 Å². The largest absolute Gasteiger partial charge is 0.347 e. The number of carbonyl (C=O) groups excluding carboxylic acids is 3. The van der Waals surface area contributed by atoms with Gasteiger partial charge in [0, 0.05) is 20.6 Å². The summed E-state index contributed by atoms with van der Waals surface area (Å²) >= 11 is 0. The third-order valence-electron chi connectivity index (χ3n) is 1.82. The van der Waals surface area contributed by atoms with E-state index in [1.165, 1.54) is 4.90 Å². The van der Waals surface area contributed by atoms with Crippen LogP contribution in [0.4, 0.5) is 0 Å². The van der Waals surface area contributed by atoms with Gasteiger partial charge in [0.2, 0.25) is 5.91 Å². The van der Waals surface area contributed by atoms with Crippen LogP contribution >= 0.6 is 0 Å². The van der Waals surface area contributed by atoms with Crippen LogP contribution in [0.3, 0.4) is 0 Å². The first-order valence-corrected chi connectivity index (χ1v) is 4.44. The molecule has 0 radical (unpaired) electrons. The Labute approximate surface area is 88.2 Å². The number of likely N-dealkylation sites (N-methyl/N-ethyl adjacent to an activating group) is 2. The zero-order valence-electron chi connectivity index (χ0n) is 9.11. The molecular formula is C8H16N4O3. The number of hydrazine groups is 1. The number of carbonyl (C=O) groups is 3. The molecule has 0 aliphatic rings. The Balaban J connectivity index is 4.44. The Kier molecular flexibility index (Phi) is 5.32. The Bertz CT molecular complexity index is 265. The molecule has 0 unspecified atom stereocenters. The highest BCUT2D eigenvalue weighted by Gasteiger charge is 2.22. The second kappa shape index (κ2) is 5.97. The summed E-state index contributed by atoms with van der Waals surface area (Å²) in [5.41, 5.74) is 1.73. The monoisotopic (exact) mass is 216 g/mol. The molecule has 86 valence electrons. The van der Waals surface area contributed by atoms with E-state index in [4.69, 9.17) is 5.84 Å². The van der Waals surface area contributed by atoms with Crippen LogP contribution in [0.15, 0.2) is 0 Å². The van der Waals surface area contributed by atoms with Gasteiger partial charge in [-0.25, -0.2) is 5.84 Å². The highest BCUT2D eigenvalue weighted by atomic mass is 16.2. The molecule has 0 saturated heterocycles. The lowest BCUT2D eigenvalue weighted by molar-refractivity contribution is -0.148. The Morgan fingerprint density at radius 1 is 1.27 bits per heavy atom. The lowest BCUT2D eigenvalue weighted by Crippen LogP contribution is -2.48. The molecule has 15 heavy (non-hydrogen) atoms. The van der Waals surface area contributed by atoms with Crippen molar-refractivity contribution in [3.05, 3.63) is 0 Å². The summed E-state index contributed by atoms with van der Waals surface area (Å²) in [6, 6.07) is 0. The zero-order chi connectivity index (χ0) is 12.0. The first-order valence-electron chi connectivity index (χ1n) is 4.44. The van der Waals surface area contributed by atoms with Gasteiger partial charge in [-0.15, -0.1) is 0 Å². The maximum atomic E-state index is 11.3. The molecule has 0 bridgehead atoms. The fourth-order valence-corrected chi connectivity index (χ4v) is 0.837. The summed E-state index contributed by atoms with van der Waals surface area (Å²) < 4.78 is 0. The number of hydrogen-bond donors (Lipinski definition) is 2. The van der Waals surface area contributed by atoms with E-state index in [0.717, 1.165) is 4.90 Å². The molecular weight excluding hydrogens is 200 g/mol. The predicted molar refractivity (Wildman–Crippen MR) is 53.3 cm³/mol. The average molecular weight is 216 g/mol. The Morgan fingerprint density at radius 2 is 1.80 bits per heavy atom. The van der Waals surface area contributed by atoms with Gasteiger partial charge in [-0.3, -0.25) is 19.8 Å². The molecule has 3 N–H and O–H groups in total. The molecule has 0 saturated carbocycles. The van der Waals surface area contributed by atoms with Crippen molar-refractivity contribution in [2.24, 2.45) is 5.84 Å². The fraction of sp³-hybridized carbons (Fsp3) is 0.625. The molecule has 0 spiro atoms. The topological polar surface area (TPSA) is 95.7 Å². The minimum absolute atomic E-state index is 0.129. The minimum Gasteiger partial charge on any atom is -0.347 e. The second-order valence-electron chi connectivity index (χ2n) is 3.08. The minimum atomic E-state index is -0.927. The van der Waals surface area contributed by atoms with Gasteiger partial charge in [0.15, 0.2) is 0 Å². The smallest absolute Gasteiger partial charge is 0.323 e. The quantitative estimate of drug-likeness (QED) is 0.245. The third kappa shape index (κ3) is 3.94. The first-order chi connectivity index (χ1) is 6.93. The van der Waals surface area contributed by atoms with Crippen LogP contribution < -0.4 is 11.3 Å². The van der Waals surface area contributed by atoms with Gasteiger partial charge in [-0.2, -0.15) is 0 Å². The summed E-state index contributed by atoms with van der Waals surface area (Å²) in [6.07, 6.45) is 0. The van der Waals surface area contributed by atoms with Crippen LogP contribution in [0, 0.1) is 0 Å². The van der Waals surface area contributed by atoms with Crippen molar-refractivity contribution < 1.29 is 14.4 Å². The summed E-state index contributed by atoms with van der Waals surface area (Å²) in [7, 11) is 3.15. The van der Waals surface area contributed by atoms with Crippen molar-refractivity contribution in [1.82, 2.24) is 15.2 Å². The van der Waals surface area contributed by atoms with Crippen molar-refractivity contribution in [1.29, 1.82) is 0 Å². The van der Waals surface area contributed by atoms with Gasteiger partial charge < -0.3 is 9.80 Å². The van der Waals surface area contributed by atoms with Gasteiger partial charge in [-0.1, -0.05) is 0 Å². The van der Waals surface area contributed by atoms with E-state index in [2.05, 4.69) is 0 Å². The number of nitrogens with zero attached hydrogens (tertiary/aromatic N) is 2. The lowest BCUT2D eigenvalue weighted by atomic mass is 10.4. The van der Waals surface area contributed by atoms with Crippen LogP contribution in [0.2, 0.25) is 0 Å². The van der Waals surface area contributed by atoms with Crippen molar-refractivity contribution in [3.63, 3.8) is 0 Å². The van der Waals surface area contributed by atoms with E-state index in [1.54, 1.807) is 26.4 Å². The zero-order valence-corrected chi connectivity index (χ0v) is 9.11. The fourth-order valence-electron chi connectivity index (χ4n) is 0.837. The summed E-state index contributed by atoms with van der Waals surface area (Å²) in [4.78, 5) is 36.0. The third-order valence-corrected chi connectivity index (χ3v) is 1.82. The number of nitrogens with one attached hydrogen (secondary N) is 1. The number of hydrogen-bond acceptors (Lipinski definition) is 4. The van der Waals surface area contributed by atoms with Gasteiger partial charge in [0.25, 0.3) is 0 Å². The van der Waals surface area contributed by atoms with E-state index >= 15 is 0 Å². The molecule has 0 aromatic heterocycles. The van der Waals surface area contributed by atoms with Crippen LogP contribution in [-0.2, 0) is 14.4 Å². The highest BCUT2D eigenvalue weighted by molar-refractivity contribution is 6.35. The van der Waals surface area contributed by atoms with E-state index in [1.807, 2.05) is 0 Å². The molecule has 7 nitrogen and oxygen atoms in total. The molecule has 0 rings (SSSR count). The Morgan fingerprint density at radius 3 is 2.13 bits per heavy atom. The SMILES string of the molecule is CCN(CC(=O)N(C)C)C(=O)C(=O)NN. The molecule has 0 atom stereocenters. The molecule has 0 aromatic carbocycles. The molecule has 7 heteroatoms. The number of amides is 3. The van der Waals surface area contributed by atoms with E-state index < -0.39 is 11.8 Å². The molecule has 0 aromatic rings. The van der Waals surface area contributed by atoms with Gasteiger partial charge in [0.1, 0.15) is 6.54 Å². The summed E-state index contributed by atoms with van der Waals surface area (Å²) in [6.45, 7) is 1.81. The molecule has 0 aliphatic heterocycles. The number of rotatable bonds is 3. The lowest BCUT2D eigenvalue weighted by Gasteiger charge is -2.21. The van der Waals surface area contributed by atoms with E-state index in [-0.39, 0.29) is 19.0 Å². The predicted octanol–water partition coefficient (Wildman–Crippen LogP) is -2.09. The van der Waals surface area contributed by atoms with Crippen molar-refractivity contribution in [2.45, 2.75) is 6.92 Å².